The van der Waals surface area contributed by atoms with Gasteiger partial charge in [-0.15, -0.1) is 0 Å². The predicted octanol–water partition coefficient (Wildman–Crippen LogP) is 5.11. The smallest absolute Gasteiger partial charge is 0.277 e. The first-order valence-electron chi connectivity index (χ1n) is 8.47. The van der Waals surface area contributed by atoms with Gasteiger partial charge in [-0.25, -0.2) is 0 Å². The van der Waals surface area contributed by atoms with Gasteiger partial charge >= 0.3 is 0 Å². The molecule has 1 aliphatic heterocycles. The molecule has 120 valence electrons. The molecule has 3 nitrogen and oxygen atoms in total. The van der Waals surface area contributed by atoms with Gasteiger partial charge in [0.2, 0.25) is 6.29 Å². The molecule has 0 saturated carbocycles. The van der Waals surface area contributed by atoms with Crippen LogP contribution in [0.5, 0.6) is 0 Å². The summed E-state index contributed by atoms with van der Waals surface area (Å²) in [6, 6.07) is 3.44. The molecule has 0 saturated heterocycles. The average molecular weight is 311 g/mol. The molecule has 0 aromatic rings. The van der Waals surface area contributed by atoms with Crippen LogP contribution in [0, 0.1) is 0 Å². The Morgan fingerprint density at radius 1 is 1.14 bits per heavy atom. The van der Waals surface area contributed by atoms with E-state index in [1.165, 1.54) is 30.4 Å². The molecule has 2 rings (SSSR count). The van der Waals surface area contributed by atoms with Gasteiger partial charge in [-0.05, 0) is 55.8 Å². The summed E-state index contributed by atoms with van der Waals surface area (Å²) in [5.41, 5.74) is 2.92. The first-order chi connectivity index (χ1) is 10.2. The van der Waals surface area contributed by atoms with E-state index in [9.17, 15) is 0 Å². The molecule has 0 bridgehead atoms. The fraction of sp³-hybridized carbons (Fsp3) is 0.765. The lowest BCUT2D eigenvalue weighted by molar-refractivity contribution is -0.0760. The Morgan fingerprint density at radius 3 is 2.43 bits per heavy atom. The molecule has 4 heteroatoms. The summed E-state index contributed by atoms with van der Waals surface area (Å²) in [4.78, 5) is 0. The minimum atomic E-state index is -1.69. The Kier molecular flexibility index (Phi) is 5.94. The van der Waals surface area contributed by atoms with Crippen LogP contribution in [0.1, 0.15) is 52.9 Å². The van der Waals surface area contributed by atoms with E-state index in [1.807, 2.05) is 0 Å². The molecule has 1 atom stereocenters. The Hall–Kier alpha value is -0.743. The van der Waals surface area contributed by atoms with E-state index in [-0.39, 0.29) is 6.29 Å². The van der Waals surface area contributed by atoms with E-state index < -0.39 is 8.32 Å². The van der Waals surface area contributed by atoms with Gasteiger partial charge in [0.05, 0.1) is 7.11 Å². The van der Waals surface area contributed by atoms with Crippen molar-refractivity contribution >= 4 is 8.32 Å². The molecule has 0 aromatic heterocycles. The van der Waals surface area contributed by atoms with Gasteiger partial charge in [0, 0.05) is 6.08 Å². The molecule has 1 aliphatic carbocycles. The van der Waals surface area contributed by atoms with Crippen molar-refractivity contribution in [3.05, 3.63) is 23.2 Å². The summed E-state index contributed by atoms with van der Waals surface area (Å²) in [5, 5.41) is 0. The maximum absolute atomic E-state index is 6.65. The maximum Gasteiger partial charge on any atom is 0.277 e. The minimum absolute atomic E-state index is 0.208. The minimum Gasteiger partial charge on any atom is -0.469 e. The predicted molar refractivity (Wildman–Crippen MR) is 88.4 cm³/mol. The van der Waals surface area contributed by atoms with Gasteiger partial charge in [-0.1, -0.05) is 26.3 Å². The molecule has 0 amide bonds. The highest BCUT2D eigenvalue weighted by Gasteiger charge is 2.36. The van der Waals surface area contributed by atoms with Crippen LogP contribution in [0.15, 0.2) is 23.2 Å². The number of methoxy groups -OCH3 is 1. The Balaban J connectivity index is 2.26. The van der Waals surface area contributed by atoms with Crippen LogP contribution in [-0.2, 0) is 13.9 Å². The summed E-state index contributed by atoms with van der Waals surface area (Å²) in [5.74, 6) is 0.626. The van der Waals surface area contributed by atoms with Crippen molar-refractivity contribution < 1.29 is 13.9 Å². The van der Waals surface area contributed by atoms with Gasteiger partial charge in [0.1, 0.15) is 0 Å². The van der Waals surface area contributed by atoms with Crippen molar-refractivity contribution in [2.75, 3.05) is 7.11 Å². The summed E-state index contributed by atoms with van der Waals surface area (Å²) in [7, 11) is -0.00989. The first kappa shape index (κ1) is 16.6. The van der Waals surface area contributed by atoms with Crippen LogP contribution in [0.4, 0.5) is 0 Å². The van der Waals surface area contributed by atoms with Crippen molar-refractivity contribution in [3.63, 3.8) is 0 Å². The average Bonchev–Trinajstić information content (AvgIpc) is 2.72. The number of allylic oxidation sites excluding steroid dienone is 2. The van der Waals surface area contributed by atoms with Crippen molar-refractivity contribution in [3.8, 4) is 0 Å². The zero-order chi connectivity index (χ0) is 15.3. The molecule has 1 heterocycles. The molecular formula is C17H30O3Si. The SMILES string of the molecule is CC[Si](CC)(CC)OC1OC(OC)=CCC2=C1CCCC2. The third-order valence-electron chi connectivity index (χ3n) is 5.14. The summed E-state index contributed by atoms with van der Waals surface area (Å²) < 4.78 is 18.1. The Labute approximate surface area is 130 Å². The van der Waals surface area contributed by atoms with Gasteiger partial charge in [0.15, 0.2) is 8.32 Å². The van der Waals surface area contributed by atoms with E-state index in [2.05, 4.69) is 26.8 Å². The normalized spacial score (nSPS) is 23.0. The summed E-state index contributed by atoms with van der Waals surface area (Å²) in [6.45, 7) is 6.79. The third kappa shape index (κ3) is 3.72. The first-order valence-corrected chi connectivity index (χ1v) is 11.0. The lowest BCUT2D eigenvalue weighted by atomic mass is 9.90. The van der Waals surface area contributed by atoms with E-state index in [4.69, 9.17) is 13.9 Å². The lowest BCUT2D eigenvalue weighted by Gasteiger charge is -2.35. The quantitative estimate of drug-likeness (QED) is 0.504. The highest BCUT2D eigenvalue weighted by Crippen LogP contribution is 2.37. The van der Waals surface area contributed by atoms with Gasteiger partial charge in [-0.3, -0.25) is 0 Å². The number of rotatable bonds is 6. The molecule has 0 N–H and O–H groups in total. The molecule has 0 spiro atoms. The van der Waals surface area contributed by atoms with Gasteiger partial charge in [0.25, 0.3) is 5.95 Å². The van der Waals surface area contributed by atoms with E-state index in [0.29, 0.717) is 5.95 Å². The molecule has 0 fully saturated rings. The molecule has 21 heavy (non-hydrogen) atoms. The zero-order valence-electron chi connectivity index (χ0n) is 14.0. The van der Waals surface area contributed by atoms with Crippen molar-refractivity contribution in [1.82, 2.24) is 0 Å². The van der Waals surface area contributed by atoms with Gasteiger partial charge in [-0.2, -0.15) is 0 Å². The summed E-state index contributed by atoms with van der Waals surface area (Å²) >= 11 is 0. The largest absolute Gasteiger partial charge is 0.469 e. The monoisotopic (exact) mass is 310 g/mol. The summed E-state index contributed by atoms with van der Waals surface area (Å²) in [6.07, 6.45) is 7.66. The Morgan fingerprint density at radius 2 is 1.81 bits per heavy atom. The molecule has 2 aliphatic rings. The fourth-order valence-electron chi connectivity index (χ4n) is 3.39. The lowest BCUT2D eigenvalue weighted by Crippen LogP contribution is -2.41. The van der Waals surface area contributed by atoms with Crippen LogP contribution in [-0.4, -0.2) is 21.7 Å². The van der Waals surface area contributed by atoms with Crippen LogP contribution in [0.3, 0.4) is 0 Å². The zero-order valence-corrected chi connectivity index (χ0v) is 15.0. The molecular weight excluding hydrogens is 280 g/mol. The van der Waals surface area contributed by atoms with Crippen LogP contribution in [0.25, 0.3) is 0 Å². The van der Waals surface area contributed by atoms with E-state index >= 15 is 0 Å². The van der Waals surface area contributed by atoms with E-state index in [0.717, 1.165) is 31.0 Å². The standard InChI is InChI=1S/C17H30O3Si/c1-5-21(6-2,7-3)20-17-15-11-9-8-10-14(15)12-13-16(18-4)19-17/h13,17H,5-12H2,1-4H3. The number of hydrogen-bond donors (Lipinski definition) is 0. The van der Waals surface area contributed by atoms with Crippen LogP contribution < -0.4 is 0 Å². The number of hydrogen-bond acceptors (Lipinski definition) is 3. The highest BCUT2D eigenvalue weighted by molar-refractivity contribution is 6.73. The van der Waals surface area contributed by atoms with Crippen molar-refractivity contribution in [2.45, 2.75) is 77.3 Å². The fourth-order valence-corrected chi connectivity index (χ4v) is 6.04. The maximum atomic E-state index is 6.65. The molecule has 1 unspecified atom stereocenters. The number of ether oxygens (including phenoxy) is 2. The van der Waals surface area contributed by atoms with Gasteiger partial charge < -0.3 is 13.9 Å². The van der Waals surface area contributed by atoms with Crippen LogP contribution in [0.2, 0.25) is 18.1 Å². The van der Waals surface area contributed by atoms with Crippen molar-refractivity contribution in [2.24, 2.45) is 0 Å². The topological polar surface area (TPSA) is 27.7 Å². The van der Waals surface area contributed by atoms with Crippen LogP contribution >= 0.6 is 0 Å². The highest BCUT2D eigenvalue weighted by atomic mass is 28.4. The third-order valence-corrected chi connectivity index (χ3v) is 9.72. The second-order valence-electron chi connectivity index (χ2n) is 6.08. The Bertz CT molecular complexity index is 402. The second kappa shape index (κ2) is 7.50. The molecule has 0 aromatic carbocycles. The molecule has 0 radical (unpaired) electrons. The second-order valence-corrected chi connectivity index (χ2v) is 10.8. The van der Waals surface area contributed by atoms with E-state index in [1.54, 1.807) is 7.11 Å². The van der Waals surface area contributed by atoms with Crippen molar-refractivity contribution in [1.29, 1.82) is 0 Å².